The summed E-state index contributed by atoms with van der Waals surface area (Å²) < 4.78 is 15.0. The van der Waals surface area contributed by atoms with Crippen LogP contribution >= 0.6 is 0 Å². The Kier molecular flexibility index (Phi) is 6.19. The quantitative estimate of drug-likeness (QED) is 0.256. The minimum absolute atomic E-state index is 0.291. The number of hydrogen-bond donors (Lipinski definition) is 6. The van der Waals surface area contributed by atoms with Crippen LogP contribution in [0.4, 0.5) is 0 Å². The summed E-state index contributed by atoms with van der Waals surface area (Å²) in [4.78, 5) is 12.0. The molecule has 0 unspecified atom stereocenters. The molecule has 6 N–H and O–H groups in total. The first-order valence-corrected chi connectivity index (χ1v) is 7.36. The predicted octanol–water partition coefficient (Wildman–Crippen LogP) is -1.69. The Hall–Kier alpha value is -2.62. The Morgan fingerprint density at radius 3 is 2.31 bits per heavy atom. The van der Waals surface area contributed by atoms with Gasteiger partial charge in [0, 0.05) is 0 Å². The molecule has 1 aromatic rings. The van der Waals surface area contributed by atoms with E-state index in [0.29, 0.717) is 0 Å². The number of hydrogen-bond acceptors (Lipinski definition) is 11. The van der Waals surface area contributed by atoms with E-state index < -0.39 is 67.1 Å². The summed E-state index contributed by atoms with van der Waals surface area (Å²) in [6.07, 6.45) is -7.59. The molecule has 1 heterocycles. The van der Waals surface area contributed by atoms with E-state index in [2.05, 4.69) is 0 Å². The molecule has 11 heteroatoms. The molecule has 0 spiro atoms. The monoisotopic (exact) mass is 371 g/mol. The number of aromatic hydroxyl groups is 3. The third-order valence-corrected chi connectivity index (χ3v) is 3.66. The Balaban J connectivity index is 2.03. The maximum atomic E-state index is 12.0. The Labute approximate surface area is 146 Å². The van der Waals surface area contributed by atoms with Gasteiger partial charge in [0.2, 0.25) is 0 Å². The maximum absolute atomic E-state index is 12.0. The maximum Gasteiger partial charge on any atom is 0.338 e. The first-order valence-electron chi connectivity index (χ1n) is 7.36. The summed E-state index contributed by atoms with van der Waals surface area (Å²) in [5, 5.41) is 65.9. The van der Waals surface area contributed by atoms with Gasteiger partial charge in [-0.1, -0.05) is 0 Å². The van der Waals surface area contributed by atoms with E-state index in [1.54, 1.807) is 6.07 Å². The average Bonchev–Trinajstić information content (AvgIpc) is 2.62. The van der Waals surface area contributed by atoms with Crippen LogP contribution in [0.5, 0.6) is 17.2 Å². The van der Waals surface area contributed by atoms with Crippen LogP contribution in [-0.4, -0.2) is 80.5 Å². The minimum Gasteiger partial charge on any atom is -0.504 e. The molecular formula is C15H17NO10. The molecule has 0 saturated carbocycles. The fourth-order valence-corrected chi connectivity index (χ4v) is 2.27. The van der Waals surface area contributed by atoms with Crippen LogP contribution in [0.25, 0.3) is 0 Å². The molecule has 26 heavy (non-hydrogen) atoms. The molecule has 1 fully saturated rings. The number of aliphatic hydroxyl groups excluding tert-OH is 3. The Bertz CT molecular complexity index is 679. The van der Waals surface area contributed by atoms with Crippen LogP contribution in [0, 0.1) is 11.3 Å². The van der Waals surface area contributed by atoms with Gasteiger partial charge in [-0.3, -0.25) is 0 Å². The van der Waals surface area contributed by atoms with E-state index in [-0.39, 0.29) is 5.56 Å². The van der Waals surface area contributed by atoms with E-state index in [0.717, 1.165) is 12.1 Å². The zero-order valence-corrected chi connectivity index (χ0v) is 13.2. The lowest BCUT2D eigenvalue weighted by Gasteiger charge is -2.39. The highest BCUT2D eigenvalue weighted by atomic mass is 16.7. The summed E-state index contributed by atoms with van der Waals surface area (Å²) in [7, 11) is 0. The first kappa shape index (κ1) is 19.7. The van der Waals surface area contributed by atoms with Crippen molar-refractivity contribution >= 4 is 5.97 Å². The number of carbonyl (C=O) groups is 1. The minimum atomic E-state index is -1.67. The molecule has 0 radical (unpaired) electrons. The van der Waals surface area contributed by atoms with Crippen molar-refractivity contribution in [2.75, 3.05) is 13.2 Å². The first-order chi connectivity index (χ1) is 12.3. The van der Waals surface area contributed by atoms with Crippen LogP contribution in [-0.2, 0) is 14.2 Å². The van der Waals surface area contributed by atoms with Gasteiger partial charge in [0.1, 0.15) is 37.6 Å². The molecule has 1 aliphatic heterocycles. The highest BCUT2D eigenvalue weighted by molar-refractivity contribution is 5.91. The largest absolute Gasteiger partial charge is 0.504 e. The molecule has 0 amide bonds. The Morgan fingerprint density at radius 2 is 1.73 bits per heavy atom. The summed E-state index contributed by atoms with van der Waals surface area (Å²) >= 11 is 0. The van der Waals surface area contributed by atoms with Gasteiger partial charge in [0.15, 0.2) is 23.5 Å². The molecule has 1 saturated heterocycles. The van der Waals surface area contributed by atoms with Gasteiger partial charge in [-0.15, -0.1) is 0 Å². The van der Waals surface area contributed by atoms with Crippen molar-refractivity contribution in [1.29, 1.82) is 5.26 Å². The van der Waals surface area contributed by atoms with Gasteiger partial charge in [-0.25, -0.2) is 4.79 Å². The lowest BCUT2D eigenvalue weighted by atomic mass is 9.99. The van der Waals surface area contributed by atoms with Crippen LogP contribution in [0.3, 0.4) is 0 Å². The fourth-order valence-electron chi connectivity index (χ4n) is 2.27. The van der Waals surface area contributed by atoms with Gasteiger partial charge < -0.3 is 44.8 Å². The van der Waals surface area contributed by atoms with Gasteiger partial charge in [-0.05, 0) is 12.1 Å². The SMILES string of the molecule is N#CCO[C@@H]1O[C@H](COC(=O)c2cc(O)c(O)c(O)c2)[C@@H](O)[C@H](O)[C@H]1O. The van der Waals surface area contributed by atoms with Crippen molar-refractivity contribution in [1.82, 2.24) is 0 Å². The number of phenolic OH excluding ortho intramolecular Hbond substituents is 3. The topological polar surface area (TPSA) is 190 Å². The molecular weight excluding hydrogens is 354 g/mol. The molecule has 142 valence electrons. The molecule has 0 aliphatic carbocycles. The van der Waals surface area contributed by atoms with Crippen molar-refractivity contribution in [2.45, 2.75) is 30.7 Å². The second kappa shape index (κ2) is 8.17. The van der Waals surface area contributed by atoms with E-state index in [1.165, 1.54) is 0 Å². The van der Waals surface area contributed by atoms with E-state index in [9.17, 15) is 35.4 Å². The molecule has 1 aromatic carbocycles. The van der Waals surface area contributed by atoms with Gasteiger partial charge in [-0.2, -0.15) is 5.26 Å². The third kappa shape index (κ3) is 4.13. The number of nitriles is 1. The number of benzene rings is 1. The van der Waals surface area contributed by atoms with Crippen LogP contribution < -0.4 is 0 Å². The third-order valence-electron chi connectivity index (χ3n) is 3.66. The zero-order valence-electron chi connectivity index (χ0n) is 13.2. The number of nitrogens with zero attached hydrogens (tertiary/aromatic N) is 1. The molecule has 0 bridgehead atoms. The molecule has 1 aliphatic rings. The van der Waals surface area contributed by atoms with Crippen molar-refractivity contribution in [3.63, 3.8) is 0 Å². The molecule has 5 atom stereocenters. The van der Waals surface area contributed by atoms with E-state index in [1.807, 2.05) is 0 Å². The van der Waals surface area contributed by atoms with E-state index >= 15 is 0 Å². The average molecular weight is 371 g/mol. The molecule has 2 rings (SSSR count). The number of esters is 1. The lowest BCUT2D eigenvalue weighted by Crippen LogP contribution is -2.59. The number of aliphatic hydroxyl groups is 3. The van der Waals surface area contributed by atoms with Gasteiger partial charge in [0.25, 0.3) is 0 Å². The second-order valence-corrected chi connectivity index (χ2v) is 5.45. The zero-order chi connectivity index (χ0) is 19.4. The smallest absolute Gasteiger partial charge is 0.338 e. The molecule has 11 nitrogen and oxygen atoms in total. The standard InChI is InChI=1S/C15H17NO10/c16-1-2-24-15-13(22)12(21)11(20)9(26-15)5-25-14(23)6-3-7(17)10(19)8(18)4-6/h3-4,9,11-13,15,17-22H,2,5H2/t9-,11-,12+,13-,15-/m1/s1. The van der Waals surface area contributed by atoms with Crippen molar-refractivity contribution in [2.24, 2.45) is 0 Å². The highest BCUT2D eigenvalue weighted by Crippen LogP contribution is 2.35. The van der Waals surface area contributed by atoms with Crippen LogP contribution in [0.2, 0.25) is 0 Å². The van der Waals surface area contributed by atoms with E-state index in [4.69, 9.17) is 19.5 Å². The lowest BCUT2D eigenvalue weighted by molar-refractivity contribution is -0.297. The van der Waals surface area contributed by atoms with Gasteiger partial charge in [0.05, 0.1) is 11.6 Å². The summed E-state index contributed by atoms with van der Waals surface area (Å²) in [5.41, 5.74) is -0.291. The van der Waals surface area contributed by atoms with Gasteiger partial charge >= 0.3 is 5.97 Å². The van der Waals surface area contributed by atoms with Crippen molar-refractivity contribution in [3.8, 4) is 23.3 Å². The number of ether oxygens (including phenoxy) is 3. The summed E-state index contributed by atoms with van der Waals surface area (Å²) in [6.45, 7) is -1.01. The highest BCUT2D eigenvalue weighted by Gasteiger charge is 2.44. The number of carbonyl (C=O) groups excluding carboxylic acids is 1. The van der Waals surface area contributed by atoms with Crippen molar-refractivity contribution < 1.29 is 49.6 Å². The van der Waals surface area contributed by atoms with Crippen LogP contribution in [0.15, 0.2) is 12.1 Å². The summed E-state index contributed by atoms with van der Waals surface area (Å²) in [6, 6.07) is 3.36. The van der Waals surface area contributed by atoms with Crippen LogP contribution in [0.1, 0.15) is 10.4 Å². The second-order valence-electron chi connectivity index (χ2n) is 5.45. The fraction of sp³-hybridized carbons (Fsp3) is 0.467. The Morgan fingerprint density at radius 1 is 1.12 bits per heavy atom. The number of phenols is 3. The van der Waals surface area contributed by atoms with Crippen molar-refractivity contribution in [3.05, 3.63) is 17.7 Å². The normalized spacial score (nSPS) is 28.3. The number of rotatable bonds is 5. The summed E-state index contributed by atoms with van der Waals surface area (Å²) in [5.74, 6) is -3.31. The molecule has 0 aromatic heterocycles. The predicted molar refractivity (Wildman–Crippen MR) is 80.0 cm³/mol.